The number of nitrogens with zero attached hydrogens (tertiary/aromatic N) is 3. The first kappa shape index (κ1) is 19.6. The Labute approximate surface area is 154 Å². The van der Waals surface area contributed by atoms with Crippen molar-refractivity contribution < 1.29 is 9.22 Å². The maximum atomic E-state index is 12.6. The standard InChI is InChI=1S/C16H25Cl2N3O2Si/c1-16(2,3)24(4,5)23-10-11-6-7-21(14(11)22)9-12-8-19-15(18)20-13(12)17/h8,11H,6-7,9-10H2,1-5H3. The van der Waals surface area contributed by atoms with Gasteiger partial charge in [0.1, 0.15) is 5.15 Å². The van der Waals surface area contributed by atoms with Crippen molar-refractivity contribution in [2.75, 3.05) is 13.2 Å². The molecule has 0 saturated carbocycles. The minimum Gasteiger partial charge on any atom is -0.416 e. The Bertz CT molecular complexity index is 620. The highest BCUT2D eigenvalue weighted by atomic mass is 35.5. The van der Waals surface area contributed by atoms with Crippen LogP contribution in [-0.2, 0) is 15.8 Å². The quantitative estimate of drug-likeness (QED) is 0.431. The highest BCUT2D eigenvalue weighted by Crippen LogP contribution is 2.37. The molecule has 8 heteroatoms. The van der Waals surface area contributed by atoms with Crippen molar-refractivity contribution >= 4 is 37.4 Å². The normalized spacial score (nSPS) is 19.2. The van der Waals surface area contributed by atoms with Crippen LogP contribution in [0.15, 0.2) is 6.20 Å². The summed E-state index contributed by atoms with van der Waals surface area (Å²) in [6.07, 6.45) is 2.38. The predicted molar refractivity (Wildman–Crippen MR) is 98.7 cm³/mol. The Balaban J connectivity index is 1.95. The number of likely N-dealkylation sites (tertiary alicyclic amines) is 1. The molecule has 134 valence electrons. The van der Waals surface area contributed by atoms with Crippen LogP contribution in [-0.4, -0.2) is 42.2 Å². The Kier molecular flexibility index (Phi) is 5.95. The number of carbonyl (C=O) groups is 1. The molecule has 5 nitrogen and oxygen atoms in total. The van der Waals surface area contributed by atoms with E-state index in [-0.39, 0.29) is 22.1 Å². The van der Waals surface area contributed by atoms with Crippen molar-refractivity contribution in [3.8, 4) is 0 Å². The number of amides is 1. The molecule has 0 N–H and O–H groups in total. The van der Waals surface area contributed by atoms with Gasteiger partial charge < -0.3 is 9.33 Å². The second kappa shape index (κ2) is 7.28. The second-order valence-electron chi connectivity index (χ2n) is 7.77. The van der Waals surface area contributed by atoms with Crippen LogP contribution in [0, 0.1) is 5.92 Å². The lowest BCUT2D eigenvalue weighted by Crippen LogP contribution is -2.42. The molecule has 1 aromatic rings. The number of hydrogen-bond acceptors (Lipinski definition) is 4. The highest BCUT2D eigenvalue weighted by molar-refractivity contribution is 6.74. The zero-order valence-corrected chi connectivity index (χ0v) is 17.4. The Hall–Kier alpha value is -0.693. The molecule has 0 bridgehead atoms. The molecule has 0 radical (unpaired) electrons. The molecule has 1 saturated heterocycles. The summed E-state index contributed by atoms with van der Waals surface area (Å²) in [6, 6.07) is 0. The molecule has 1 aromatic heterocycles. The summed E-state index contributed by atoms with van der Waals surface area (Å²) in [5.41, 5.74) is 0.709. The van der Waals surface area contributed by atoms with Gasteiger partial charge in [-0.05, 0) is 36.2 Å². The van der Waals surface area contributed by atoms with E-state index in [0.29, 0.717) is 30.4 Å². The Morgan fingerprint density at radius 1 is 1.38 bits per heavy atom. The molecule has 1 fully saturated rings. The van der Waals surface area contributed by atoms with Gasteiger partial charge in [0.05, 0.1) is 12.5 Å². The van der Waals surface area contributed by atoms with Gasteiger partial charge in [0, 0.05) is 24.9 Å². The Morgan fingerprint density at radius 3 is 2.62 bits per heavy atom. The van der Waals surface area contributed by atoms with Crippen molar-refractivity contribution in [1.82, 2.24) is 14.9 Å². The van der Waals surface area contributed by atoms with Crippen LogP contribution in [0.3, 0.4) is 0 Å². The van der Waals surface area contributed by atoms with Crippen molar-refractivity contribution in [1.29, 1.82) is 0 Å². The highest BCUT2D eigenvalue weighted by Gasteiger charge is 2.40. The number of carbonyl (C=O) groups excluding carboxylic acids is 1. The van der Waals surface area contributed by atoms with E-state index in [4.69, 9.17) is 27.6 Å². The molecule has 2 rings (SSSR count). The van der Waals surface area contributed by atoms with E-state index in [9.17, 15) is 4.79 Å². The first-order valence-corrected chi connectivity index (χ1v) is 11.8. The fourth-order valence-corrected chi connectivity index (χ4v) is 3.73. The predicted octanol–water partition coefficient (Wildman–Crippen LogP) is 4.15. The van der Waals surface area contributed by atoms with Gasteiger partial charge >= 0.3 is 0 Å². The van der Waals surface area contributed by atoms with Gasteiger partial charge in [-0.2, -0.15) is 0 Å². The summed E-state index contributed by atoms with van der Waals surface area (Å²) >= 11 is 11.8. The van der Waals surface area contributed by atoms with Crippen LogP contribution in [0.1, 0.15) is 32.8 Å². The van der Waals surface area contributed by atoms with Crippen LogP contribution in [0.25, 0.3) is 0 Å². The van der Waals surface area contributed by atoms with E-state index in [1.54, 1.807) is 11.1 Å². The lowest BCUT2D eigenvalue weighted by molar-refractivity contribution is -0.132. The SMILES string of the molecule is CC(C)(C)[Si](C)(C)OCC1CCN(Cc2cnc(Cl)nc2Cl)C1=O. The van der Waals surface area contributed by atoms with E-state index in [1.165, 1.54) is 0 Å². The van der Waals surface area contributed by atoms with Gasteiger partial charge in [0.15, 0.2) is 8.32 Å². The van der Waals surface area contributed by atoms with Crippen molar-refractivity contribution in [2.24, 2.45) is 5.92 Å². The minimum absolute atomic E-state index is 0.0777. The smallest absolute Gasteiger partial charge is 0.228 e. The summed E-state index contributed by atoms with van der Waals surface area (Å²) in [5.74, 6) is 0.0332. The number of halogens is 2. The van der Waals surface area contributed by atoms with E-state index in [0.717, 1.165) is 6.42 Å². The zero-order chi connectivity index (χ0) is 18.1. The van der Waals surface area contributed by atoms with Gasteiger partial charge in [-0.3, -0.25) is 4.79 Å². The van der Waals surface area contributed by atoms with E-state index >= 15 is 0 Å². The first-order chi connectivity index (χ1) is 11.0. The second-order valence-corrected chi connectivity index (χ2v) is 13.3. The number of rotatable bonds is 5. The average molecular weight is 390 g/mol. The van der Waals surface area contributed by atoms with Gasteiger partial charge in [-0.1, -0.05) is 32.4 Å². The third kappa shape index (κ3) is 4.48. The molecule has 0 aromatic carbocycles. The van der Waals surface area contributed by atoms with E-state index in [1.807, 2.05) is 0 Å². The largest absolute Gasteiger partial charge is 0.416 e. The molecule has 24 heavy (non-hydrogen) atoms. The molecular formula is C16H25Cl2N3O2Si. The summed E-state index contributed by atoms with van der Waals surface area (Å²) in [6.45, 7) is 12.6. The summed E-state index contributed by atoms with van der Waals surface area (Å²) < 4.78 is 6.21. The zero-order valence-electron chi connectivity index (χ0n) is 14.9. The molecular weight excluding hydrogens is 365 g/mol. The minimum atomic E-state index is -1.84. The number of hydrogen-bond donors (Lipinski definition) is 0. The summed E-state index contributed by atoms with van der Waals surface area (Å²) in [7, 11) is -1.84. The summed E-state index contributed by atoms with van der Waals surface area (Å²) in [4.78, 5) is 22.2. The third-order valence-electron chi connectivity index (χ3n) is 5.00. The fraction of sp³-hybridized carbons (Fsp3) is 0.688. The molecule has 1 aliphatic heterocycles. The van der Waals surface area contributed by atoms with Crippen molar-refractivity contribution in [3.63, 3.8) is 0 Å². The van der Waals surface area contributed by atoms with Crippen LogP contribution >= 0.6 is 23.2 Å². The molecule has 1 amide bonds. The van der Waals surface area contributed by atoms with E-state index < -0.39 is 8.32 Å². The lowest BCUT2D eigenvalue weighted by atomic mass is 10.1. The van der Waals surface area contributed by atoms with Gasteiger partial charge in [-0.15, -0.1) is 0 Å². The molecule has 0 aliphatic carbocycles. The maximum Gasteiger partial charge on any atom is 0.228 e. The van der Waals surface area contributed by atoms with Crippen molar-refractivity contribution in [3.05, 3.63) is 22.2 Å². The molecule has 0 spiro atoms. The maximum absolute atomic E-state index is 12.6. The van der Waals surface area contributed by atoms with Crippen LogP contribution < -0.4 is 0 Å². The number of aromatic nitrogens is 2. The molecule has 2 heterocycles. The van der Waals surface area contributed by atoms with Crippen LogP contribution in [0.2, 0.25) is 28.6 Å². The monoisotopic (exact) mass is 389 g/mol. The van der Waals surface area contributed by atoms with Gasteiger partial charge in [0.25, 0.3) is 0 Å². The van der Waals surface area contributed by atoms with E-state index in [2.05, 4.69) is 43.8 Å². The van der Waals surface area contributed by atoms with Crippen molar-refractivity contribution in [2.45, 2.75) is 51.9 Å². The molecule has 1 unspecified atom stereocenters. The first-order valence-electron chi connectivity index (χ1n) is 8.11. The van der Waals surface area contributed by atoms with Gasteiger partial charge in [0.2, 0.25) is 11.2 Å². The van der Waals surface area contributed by atoms with Crippen LogP contribution in [0.5, 0.6) is 0 Å². The topological polar surface area (TPSA) is 55.3 Å². The Morgan fingerprint density at radius 2 is 2.04 bits per heavy atom. The molecule has 1 atom stereocenters. The summed E-state index contributed by atoms with van der Waals surface area (Å²) in [5, 5.41) is 0.545. The third-order valence-corrected chi connectivity index (χ3v) is 10.0. The fourth-order valence-electron chi connectivity index (χ4n) is 2.32. The average Bonchev–Trinajstić information content (AvgIpc) is 2.79. The molecule has 1 aliphatic rings. The van der Waals surface area contributed by atoms with Gasteiger partial charge in [-0.25, -0.2) is 9.97 Å². The van der Waals surface area contributed by atoms with Crippen LogP contribution in [0.4, 0.5) is 0 Å². The lowest BCUT2D eigenvalue weighted by Gasteiger charge is -2.36.